The van der Waals surface area contributed by atoms with Gasteiger partial charge in [-0.1, -0.05) is 33.1 Å². The van der Waals surface area contributed by atoms with Gasteiger partial charge >= 0.3 is 0 Å². The second-order valence-electron chi connectivity index (χ2n) is 5.57. The molecule has 0 amide bonds. The van der Waals surface area contributed by atoms with Crippen LogP contribution in [0.2, 0.25) is 0 Å². The summed E-state index contributed by atoms with van der Waals surface area (Å²) in [5.74, 6) is 0.988. The van der Waals surface area contributed by atoms with E-state index in [0.29, 0.717) is 18.1 Å². The van der Waals surface area contributed by atoms with Crippen molar-refractivity contribution in [3.05, 3.63) is 0 Å². The molecule has 1 fully saturated rings. The van der Waals surface area contributed by atoms with Crippen LogP contribution in [-0.2, 0) is 4.79 Å². The molecule has 0 saturated heterocycles. The van der Waals surface area contributed by atoms with E-state index in [1.54, 1.807) is 0 Å². The standard InChI is InChI=1S/C13H25NO/c1-11(2)6-7-12(15)10-13(14)8-4-3-5-9-13/h11H,3-10,14H2,1-2H3. The number of carbonyl (C=O) groups is 1. The number of ketones is 1. The lowest BCUT2D eigenvalue weighted by Crippen LogP contribution is -2.43. The van der Waals surface area contributed by atoms with Gasteiger partial charge in [-0.05, 0) is 25.2 Å². The van der Waals surface area contributed by atoms with Gasteiger partial charge in [0.25, 0.3) is 0 Å². The van der Waals surface area contributed by atoms with Crippen molar-refractivity contribution in [2.45, 2.75) is 70.8 Å². The molecular weight excluding hydrogens is 186 g/mol. The van der Waals surface area contributed by atoms with Crippen LogP contribution in [0, 0.1) is 5.92 Å². The Labute approximate surface area is 93.6 Å². The third-order valence-corrected chi connectivity index (χ3v) is 3.40. The quantitative estimate of drug-likeness (QED) is 0.759. The van der Waals surface area contributed by atoms with Gasteiger partial charge in [-0.3, -0.25) is 4.79 Å². The molecule has 0 radical (unpaired) electrons. The molecular formula is C13H25NO. The van der Waals surface area contributed by atoms with Crippen molar-refractivity contribution in [3.63, 3.8) is 0 Å². The fourth-order valence-electron chi connectivity index (χ4n) is 2.36. The monoisotopic (exact) mass is 211 g/mol. The van der Waals surface area contributed by atoms with Gasteiger partial charge in [0.1, 0.15) is 5.78 Å². The largest absolute Gasteiger partial charge is 0.325 e. The summed E-state index contributed by atoms with van der Waals surface area (Å²) in [6, 6.07) is 0. The topological polar surface area (TPSA) is 43.1 Å². The summed E-state index contributed by atoms with van der Waals surface area (Å²) in [7, 11) is 0. The van der Waals surface area contributed by atoms with Crippen LogP contribution in [-0.4, -0.2) is 11.3 Å². The smallest absolute Gasteiger partial charge is 0.134 e. The van der Waals surface area contributed by atoms with Crippen LogP contribution in [0.15, 0.2) is 0 Å². The molecule has 1 rings (SSSR count). The first kappa shape index (κ1) is 12.7. The molecule has 88 valence electrons. The summed E-state index contributed by atoms with van der Waals surface area (Å²) in [6.07, 6.45) is 8.12. The summed E-state index contributed by atoms with van der Waals surface area (Å²) in [5.41, 5.74) is 6.09. The Morgan fingerprint density at radius 3 is 2.40 bits per heavy atom. The average Bonchev–Trinajstić information content (AvgIpc) is 2.15. The predicted octanol–water partition coefficient (Wildman–Crippen LogP) is 3.04. The fraction of sp³-hybridized carbons (Fsp3) is 0.923. The van der Waals surface area contributed by atoms with Crippen molar-refractivity contribution < 1.29 is 4.79 Å². The van der Waals surface area contributed by atoms with E-state index in [2.05, 4.69) is 13.8 Å². The number of hydrogen-bond acceptors (Lipinski definition) is 2. The van der Waals surface area contributed by atoms with E-state index in [-0.39, 0.29) is 5.54 Å². The first-order valence-corrected chi connectivity index (χ1v) is 6.32. The molecule has 0 heterocycles. The highest BCUT2D eigenvalue weighted by atomic mass is 16.1. The van der Waals surface area contributed by atoms with Gasteiger partial charge < -0.3 is 5.73 Å². The Bertz CT molecular complexity index is 205. The summed E-state index contributed by atoms with van der Waals surface area (Å²) >= 11 is 0. The lowest BCUT2D eigenvalue weighted by atomic mass is 9.78. The van der Waals surface area contributed by atoms with Gasteiger partial charge in [-0.2, -0.15) is 0 Å². The Morgan fingerprint density at radius 2 is 1.87 bits per heavy atom. The van der Waals surface area contributed by atoms with E-state index in [9.17, 15) is 4.79 Å². The molecule has 0 unspecified atom stereocenters. The second-order valence-corrected chi connectivity index (χ2v) is 5.57. The molecule has 0 aromatic carbocycles. The molecule has 0 bridgehead atoms. The van der Waals surface area contributed by atoms with E-state index in [4.69, 9.17) is 5.73 Å². The summed E-state index contributed by atoms with van der Waals surface area (Å²) in [6.45, 7) is 4.32. The van der Waals surface area contributed by atoms with Crippen LogP contribution in [0.4, 0.5) is 0 Å². The number of rotatable bonds is 5. The minimum absolute atomic E-state index is 0.160. The molecule has 0 aromatic rings. The van der Waals surface area contributed by atoms with Gasteiger partial charge in [0.2, 0.25) is 0 Å². The van der Waals surface area contributed by atoms with Crippen LogP contribution in [0.1, 0.15) is 65.2 Å². The Kier molecular flexibility index (Phi) is 4.78. The van der Waals surface area contributed by atoms with Crippen molar-refractivity contribution in [1.82, 2.24) is 0 Å². The van der Waals surface area contributed by atoms with Gasteiger partial charge in [0.15, 0.2) is 0 Å². The summed E-state index contributed by atoms with van der Waals surface area (Å²) < 4.78 is 0. The number of nitrogens with two attached hydrogens (primary N) is 1. The minimum atomic E-state index is -0.160. The van der Waals surface area contributed by atoms with Crippen molar-refractivity contribution >= 4 is 5.78 Å². The molecule has 0 spiro atoms. The van der Waals surface area contributed by atoms with E-state index < -0.39 is 0 Å². The zero-order valence-electron chi connectivity index (χ0n) is 10.2. The molecule has 0 aromatic heterocycles. The number of hydrogen-bond donors (Lipinski definition) is 1. The molecule has 0 aliphatic heterocycles. The van der Waals surface area contributed by atoms with Crippen molar-refractivity contribution in [3.8, 4) is 0 Å². The average molecular weight is 211 g/mol. The predicted molar refractivity (Wildman–Crippen MR) is 63.7 cm³/mol. The first-order chi connectivity index (χ1) is 7.02. The van der Waals surface area contributed by atoms with Gasteiger partial charge in [-0.25, -0.2) is 0 Å². The van der Waals surface area contributed by atoms with Gasteiger partial charge in [-0.15, -0.1) is 0 Å². The van der Waals surface area contributed by atoms with Gasteiger partial charge in [0.05, 0.1) is 0 Å². The number of carbonyl (C=O) groups excluding carboxylic acids is 1. The number of Topliss-reactive ketones (excluding diaryl/α,β-unsaturated/α-hetero) is 1. The molecule has 1 aliphatic rings. The van der Waals surface area contributed by atoms with Crippen LogP contribution in [0.25, 0.3) is 0 Å². The SMILES string of the molecule is CC(C)CCC(=O)CC1(N)CCCCC1. The molecule has 2 heteroatoms. The molecule has 1 saturated carbocycles. The van der Waals surface area contributed by atoms with Crippen LogP contribution in [0.5, 0.6) is 0 Å². The highest BCUT2D eigenvalue weighted by Crippen LogP contribution is 2.29. The Balaban J connectivity index is 2.29. The Hall–Kier alpha value is -0.370. The second kappa shape index (κ2) is 5.64. The fourth-order valence-corrected chi connectivity index (χ4v) is 2.36. The summed E-state index contributed by atoms with van der Waals surface area (Å²) in [4.78, 5) is 11.7. The minimum Gasteiger partial charge on any atom is -0.325 e. The zero-order valence-corrected chi connectivity index (χ0v) is 10.2. The van der Waals surface area contributed by atoms with E-state index in [0.717, 1.165) is 25.7 Å². The summed E-state index contributed by atoms with van der Waals surface area (Å²) in [5, 5.41) is 0. The molecule has 15 heavy (non-hydrogen) atoms. The highest BCUT2D eigenvalue weighted by molar-refractivity contribution is 5.79. The van der Waals surface area contributed by atoms with Crippen molar-refractivity contribution in [2.24, 2.45) is 11.7 Å². The Morgan fingerprint density at radius 1 is 1.27 bits per heavy atom. The highest BCUT2D eigenvalue weighted by Gasteiger charge is 2.29. The molecule has 0 atom stereocenters. The van der Waals surface area contributed by atoms with E-state index in [1.807, 2.05) is 0 Å². The van der Waals surface area contributed by atoms with Crippen molar-refractivity contribution in [2.75, 3.05) is 0 Å². The lowest BCUT2D eigenvalue weighted by molar-refractivity contribution is -0.120. The molecule has 2 N–H and O–H groups in total. The van der Waals surface area contributed by atoms with Gasteiger partial charge in [0, 0.05) is 18.4 Å². The van der Waals surface area contributed by atoms with E-state index >= 15 is 0 Å². The lowest BCUT2D eigenvalue weighted by Gasteiger charge is -2.32. The molecule has 1 aliphatic carbocycles. The maximum Gasteiger partial charge on any atom is 0.134 e. The molecule has 2 nitrogen and oxygen atoms in total. The third kappa shape index (κ3) is 4.78. The normalized spacial score (nSPS) is 20.5. The van der Waals surface area contributed by atoms with Crippen LogP contribution >= 0.6 is 0 Å². The van der Waals surface area contributed by atoms with Crippen LogP contribution in [0.3, 0.4) is 0 Å². The first-order valence-electron chi connectivity index (χ1n) is 6.32. The van der Waals surface area contributed by atoms with Crippen molar-refractivity contribution in [1.29, 1.82) is 0 Å². The zero-order chi connectivity index (χ0) is 11.3. The maximum atomic E-state index is 11.7. The maximum absolute atomic E-state index is 11.7. The third-order valence-electron chi connectivity index (χ3n) is 3.40. The van der Waals surface area contributed by atoms with Crippen LogP contribution < -0.4 is 5.73 Å². The van der Waals surface area contributed by atoms with E-state index in [1.165, 1.54) is 19.3 Å².